The van der Waals surface area contributed by atoms with Crippen LogP contribution in [0.5, 0.6) is 0 Å². The molecule has 12 heavy (non-hydrogen) atoms. The van der Waals surface area contributed by atoms with E-state index in [1.165, 1.54) is 0 Å². The van der Waals surface area contributed by atoms with Crippen molar-refractivity contribution in [2.45, 2.75) is 26.0 Å². The van der Waals surface area contributed by atoms with Crippen LogP contribution in [0.15, 0.2) is 5.38 Å². The first kappa shape index (κ1) is 9.64. The summed E-state index contributed by atoms with van der Waals surface area (Å²) < 4.78 is 4.96. The van der Waals surface area contributed by atoms with Crippen molar-refractivity contribution in [2.75, 3.05) is 7.11 Å². The summed E-state index contributed by atoms with van der Waals surface area (Å²) in [5, 5.41) is 2.96. The van der Waals surface area contributed by atoms with E-state index in [0.717, 1.165) is 10.7 Å². The molecule has 0 fully saturated rings. The maximum absolute atomic E-state index is 5.87. The Morgan fingerprint density at radius 1 is 1.67 bits per heavy atom. The molecule has 4 heteroatoms. The normalized spacial score (nSPS) is 12.0. The second-order valence-electron chi connectivity index (χ2n) is 3.28. The Labute approximate surface area is 76.6 Å². The van der Waals surface area contributed by atoms with Gasteiger partial charge in [-0.2, -0.15) is 0 Å². The van der Waals surface area contributed by atoms with Crippen molar-refractivity contribution in [3.05, 3.63) is 16.1 Å². The summed E-state index contributed by atoms with van der Waals surface area (Å²) in [6.45, 7) is 4.46. The average Bonchev–Trinajstić information content (AvgIpc) is 2.35. The molecule has 0 bridgehead atoms. The van der Waals surface area contributed by atoms with Crippen LogP contribution < -0.4 is 5.73 Å². The molecule has 1 aromatic rings. The van der Waals surface area contributed by atoms with Gasteiger partial charge >= 0.3 is 0 Å². The van der Waals surface area contributed by atoms with Gasteiger partial charge in [-0.3, -0.25) is 0 Å². The van der Waals surface area contributed by atoms with Crippen LogP contribution in [0, 0.1) is 0 Å². The van der Waals surface area contributed by atoms with Crippen LogP contribution in [-0.4, -0.2) is 12.1 Å². The van der Waals surface area contributed by atoms with Crippen LogP contribution in [0.1, 0.15) is 24.5 Å². The molecule has 1 heterocycles. The van der Waals surface area contributed by atoms with E-state index in [1.54, 1.807) is 18.4 Å². The molecular weight excluding hydrogens is 172 g/mol. The minimum Gasteiger partial charge on any atom is -0.378 e. The van der Waals surface area contributed by atoms with Gasteiger partial charge in [-0.25, -0.2) is 4.98 Å². The zero-order valence-corrected chi connectivity index (χ0v) is 8.44. The van der Waals surface area contributed by atoms with E-state index < -0.39 is 0 Å². The van der Waals surface area contributed by atoms with Crippen molar-refractivity contribution < 1.29 is 4.74 Å². The highest BCUT2D eigenvalue weighted by Gasteiger charge is 2.17. The second-order valence-corrected chi connectivity index (χ2v) is 4.22. The van der Waals surface area contributed by atoms with Crippen molar-refractivity contribution in [3.8, 4) is 0 Å². The molecule has 1 aromatic heterocycles. The number of thiazole rings is 1. The molecule has 0 aliphatic rings. The number of rotatable bonds is 3. The van der Waals surface area contributed by atoms with E-state index in [0.29, 0.717) is 6.61 Å². The van der Waals surface area contributed by atoms with Gasteiger partial charge in [0.1, 0.15) is 5.01 Å². The first-order valence-corrected chi connectivity index (χ1v) is 4.64. The molecule has 1 rings (SSSR count). The zero-order chi connectivity index (χ0) is 9.19. The smallest absolute Gasteiger partial charge is 0.119 e. The van der Waals surface area contributed by atoms with Gasteiger partial charge < -0.3 is 10.5 Å². The first-order chi connectivity index (χ1) is 5.54. The molecule has 0 saturated carbocycles. The summed E-state index contributed by atoms with van der Waals surface area (Å²) >= 11 is 1.58. The molecule has 2 N–H and O–H groups in total. The largest absolute Gasteiger partial charge is 0.378 e. The summed E-state index contributed by atoms with van der Waals surface area (Å²) in [6.07, 6.45) is 0. The molecule has 0 saturated heterocycles. The molecule has 0 atom stereocenters. The van der Waals surface area contributed by atoms with Crippen LogP contribution in [-0.2, 0) is 16.9 Å². The van der Waals surface area contributed by atoms with Crippen LogP contribution in [0.4, 0.5) is 0 Å². The maximum Gasteiger partial charge on any atom is 0.119 e. The van der Waals surface area contributed by atoms with Crippen LogP contribution >= 0.6 is 11.3 Å². The van der Waals surface area contributed by atoms with Gasteiger partial charge in [0.05, 0.1) is 17.8 Å². The third-order valence-electron chi connectivity index (χ3n) is 1.48. The SMILES string of the molecule is COCc1nc(C(C)(C)N)cs1. The van der Waals surface area contributed by atoms with Gasteiger partial charge in [0.25, 0.3) is 0 Å². The molecule has 0 aliphatic heterocycles. The maximum atomic E-state index is 5.87. The minimum absolute atomic E-state index is 0.345. The lowest BCUT2D eigenvalue weighted by molar-refractivity contribution is 0.184. The predicted octanol–water partition coefficient (Wildman–Crippen LogP) is 1.48. The molecule has 3 nitrogen and oxygen atoms in total. The Morgan fingerprint density at radius 3 is 2.75 bits per heavy atom. The summed E-state index contributed by atoms with van der Waals surface area (Å²) in [6, 6.07) is 0. The molecule has 0 radical (unpaired) electrons. The molecular formula is C8H14N2OS. The lowest BCUT2D eigenvalue weighted by atomic mass is 10.0. The van der Waals surface area contributed by atoms with Crippen molar-refractivity contribution in [1.29, 1.82) is 0 Å². The van der Waals surface area contributed by atoms with Gasteiger partial charge in [-0.05, 0) is 13.8 Å². The van der Waals surface area contributed by atoms with Crippen molar-refractivity contribution >= 4 is 11.3 Å². The second kappa shape index (κ2) is 3.51. The number of methoxy groups -OCH3 is 1. The van der Waals surface area contributed by atoms with Gasteiger partial charge in [0, 0.05) is 12.5 Å². The van der Waals surface area contributed by atoms with E-state index in [4.69, 9.17) is 10.5 Å². The summed E-state index contributed by atoms with van der Waals surface area (Å²) in [5.74, 6) is 0. The average molecular weight is 186 g/mol. The van der Waals surface area contributed by atoms with E-state index in [9.17, 15) is 0 Å². The lowest BCUT2D eigenvalue weighted by Crippen LogP contribution is -2.29. The fourth-order valence-corrected chi connectivity index (χ4v) is 1.74. The van der Waals surface area contributed by atoms with Crippen molar-refractivity contribution in [1.82, 2.24) is 4.98 Å². The fourth-order valence-electron chi connectivity index (χ4n) is 0.797. The molecule has 0 aromatic carbocycles. The Kier molecular flexibility index (Phi) is 2.82. The summed E-state index contributed by atoms with van der Waals surface area (Å²) in [5.41, 5.74) is 6.45. The third kappa shape index (κ3) is 2.27. The number of hydrogen-bond donors (Lipinski definition) is 1. The number of nitrogens with two attached hydrogens (primary N) is 1. The van der Waals surface area contributed by atoms with Crippen molar-refractivity contribution in [3.63, 3.8) is 0 Å². The first-order valence-electron chi connectivity index (χ1n) is 3.76. The van der Waals surface area contributed by atoms with E-state index in [1.807, 2.05) is 19.2 Å². The molecule has 0 spiro atoms. The van der Waals surface area contributed by atoms with E-state index in [2.05, 4.69) is 4.98 Å². The van der Waals surface area contributed by atoms with Crippen LogP contribution in [0.25, 0.3) is 0 Å². The quantitative estimate of drug-likeness (QED) is 0.778. The highest BCUT2D eigenvalue weighted by atomic mass is 32.1. The van der Waals surface area contributed by atoms with E-state index >= 15 is 0 Å². The van der Waals surface area contributed by atoms with Gasteiger partial charge in [-0.1, -0.05) is 0 Å². The standard InChI is InChI=1S/C8H14N2OS/c1-8(2,9)6-5-12-7(10-6)4-11-3/h5H,4,9H2,1-3H3. The fraction of sp³-hybridized carbons (Fsp3) is 0.625. The predicted molar refractivity (Wildman–Crippen MR) is 50.0 cm³/mol. The number of nitrogens with zero attached hydrogens (tertiary/aromatic N) is 1. The van der Waals surface area contributed by atoms with Crippen LogP contribution in [0.2, 0.25) is 0 Å². The Hall–Kier alpha value is -0.450. The van der Waals surface area contributed by atoms with E-state index in [-0.39, 0.29) is 5.54 Å². The molecule has 0 aliphatic carbocycles. The minimum atomic E-state index is -0.345. The van der Waals surface area contributed by atoms with Gasteiger partial charge in [0.15, 0.2) is 0 Å². The molecule has 68 valence electrons. The molecule has 0 unspecified atom stereocenters. The topological polar surface area (TPSA) is 48.1 Å². The van der Waals surface area contributed by atoms with Crippen LogP contribution in [0.3, 0.4) is 0 Å². The van der Waals surface area contributed by atoms with Crippen molar-refractivity contribution in [2.24, 2.45) is 5.73 Å². The van der Waals surface area contributed by atoms with Gasteiger partial charge in [0.2, 0.25) is 0 Å². The Morgan fingerprint density at radius 2 is 2.33 bits per heavy atom. The third-order valence-corrected chi connectivity index (χ3v) is 2.30. The highest BCUT2D eigenvalue weighted by molar-refractivity contribution is 7.09. The Balaban J connectivity index is 2.77. The van der Waals surface area contributed by atoms with Gasteiger partial charge in [-0.15, -0.1) is 11.3 Å². The number of ether oxygens (including phenoxy) is 1. The number of aromatic nitrogens is 1. The molecule has 0 amide bonds. The monoisotopic (exact) mass is 186 g/mol. The Bertz CT molecular complexity index is 252. The zero-order valence-electron chi connectivity index (χ0n) is 7.63. The summed E-state index contributed by atoms with van der Waals surface area (Å²) in [4.78, 5) is 4.34. The highest BCUT2D eigenvalue weighted by Crippen LogP contribution is 2.19. The number of hydrogen-bond acceptors (Lipinski definition) is 4. The lowest BCUT2D eigenvalue weighted by Gasteiger charge is -2.14. The summed E-state index contributed by atoms with van der Waals surface area (Å²) in [7, 11) is 1.66.